The number of rotatable bonds is 4. The Labute approximate surface area is 165 Å². The van der Waals surface area contributed by atoms with Gasteiger partial charge in [-0.15, -0.1) is 0 Å². The van der Waals surface area contributed by atoms with Crippen molar-refractivity contribution < 1.29 is 14.2 Å². The lowest BCUT2D eigenvalue weighted by atomic mass is 9.76. The Morgan fingerprint density at radius 1 is 1.29 bits per heavy atom. The molecule has 7 nitrogen and oxygen atoms in total. The molecular formula is C21H28N4O3. The van der Waals surface area contributed by atoms with E-state index in [0.29, 0.717) is 28.7 Å². The zero-order valence-electron chi connectivity index (χ0n) is 16.9. The molecule has 2 saturated heterocycles. The molecule has 2 aromatic rings. The highest BCUT2D eigenvalue weighted by atomic mass is 16.6. The van der Waals surface area contributed by atoms with Gasteiger partial charge in [0.05, 0.1) is 11.1 Å². The van der Waals surface area contributed by atoms with Crippen LogP contribution in [0.2, 0.25) is 0 Å². The minimum atomic E-state index is -0.137. The molecule has 4 rings (SSSR count). The number of carbonyl (C=O) groups excluding carboxylic acids is 1. The van der Waals surface area contributed by atoms with Gasteiger partial charge in [-0.2, -0.15) is 0 Å². The molecule has 0 radical (unpaired) electrons. The number of hydrogen-bond acceptors (Lipinski definition) is 6. The maximum absolute atomic E-state index is 13.6. The number of ether oxygens (including phenoxy) is 1. The summed E-state index contributed by atoms with van der Waals surface area (Å²) in [5.74, 6) is 0.623. The van der Waals surface area contributed by atoms with Crippen LogP contribution in [-0.4, -0.2) is 57.7 Å². The molecule has 3 heterocycles. The number of fused-ring (bicyclic) bond motifs is 1. The fourth-order valence-electron chi connectivity index (χ4n) is 4.80. The molecule has 2 atom stereocenters. The van der Waals surface area contributed by atoms with Crippen LogP contribution in [0.4, 0.5) is 0 Å². The van der Waals surface area contributed by atoms with Gasteiger partial charge >= 0.3 is 0 Å². The molecule has 1 amide bonds. The van der Waals surface area contributed by atoms with Crippen LogP contribution < -0.4 is 4.74 Å². The van der Waals surface area contributed by atoms with Crippen LogP contribution >= 0.6 is 0 Å². The molecule has 0 unspecified atom stereocenters. The highest BCUT2D eigenvalue weighted by Crippen LogP contribution is 2.39. The number of piperidine rings is 2. The van der Waals surface area contributed by atoms with Gasteiger partial charge in [0.15, 0.2) is 0 Å². The summed E-state index contributed by atoms with van der Waals surface area (Å²) in [6, 6.07) is 7.88. The van der Waals surface area contributed by atoms with Gasteiger partial charge in [0.25, 0.3) is 5.91 Å². The summed E-state index contributed by atoms with van der Waals surface area (Å²) in [6.07, 6.45) is 4.33. The predicted octanol–water partition coefficient (Wildman–Crippen LogP) is 3.05. The summed E-state index contributed by atoms with van der Waals surface area (Å²) >= 11 is 0. The number of hydrogen-bond donors (Lipinski definition) is 0. The molecule has 0 bridgehead atoms. The predicted molar refractivity (Wildman–Crippen MR) is 104 cm³/mol. The van der Waals surface area contributed by atoms with Crippen LogP contribution in [0, 0.1) is 6.92 Å². The van der Waals surface area contributed by atoms with E-state index >= 15 is 0 Å². The Morgan fingerprint density at radius 3 is 2.89 bits per heavy atom. The molecule has 150 valence electrons. The number of benzene rings is 1. The maximum Gasteiger partial charge on any atom is 0.258 e. The summed E-state index contributed by atoms with van der Waals surface area (Å²) in [5.41, 5.74) is 1.80. The third-order valence-corrected chi connectivity index (χ3v) is 6.39. The maximum atomic E-state index is 13.6. The minimum absolute atomic E-state index is 0.0492. The van der Waals surface area contributed by atoms with E-state index in [2.05, 4.69) is 34.1 Å². The second kappa shape index (κ2) is 7.54. The molecule has 7 heteroatoms. The quantitative estimate of drug-likeness (QED) is 0.807. The zero-order valence-corrected chi connectivity index (χ0v) is 16.9. The monoisotopic (exact) mass is 384 g/mol. The van der Waals surface area contributed by atoms with Gasteiger partial charge in [-0.1, -0.05) is 22.4 Å². The molecule has 2 aliphatic heterocycles. The Hall–Kier alpha value is -2.41. The van der Waals surface area contributed by atoms with Crippen molar-refractivity contribution in [3.63, 3.8) is 0 Å². The van der Waals surface area contributed by atoms with Gasteiger partial charge in [0, 0.05) is 12.6 Å². The van der Waals surface area contributed by atoms with Crippen molar-refractivity contribution in [1.29, 1.82) is 0 Å². The molecule has 1 aromatic carbocycles. The van der Waals surface area contributed by atoms with Gasteiger partial charge in [-0.05, 0) is 65.3 Å². The lowest BCUT2D eigenvalue weighted by Crippen LogP contribution is -2.66. The number of carbonyl (C=O) groups is 1. The minimum Gasteiger partial charge on any atom is -0.486 e. The molecule has 0 aliphatic carbocycles. The number of likely N-dealkylation sites (N-methyl/N-ethyl adjacent to an activating group) is 1. The fourth-order valence-corrected chi connectivity index (χ4v) is 4.80. The Morgan fingerprint density at radius 2 is 2.11 bits per heavy atom. The van der Waals surface area contributed by atoms with Gasteiger partial charge in [0.1, 0.15) is 23.7 Å². The molecule has 0 spiro atoms. The van der Waals surface area contributed by atoms with Crippen molar-refractivity contribution in [2.75, 3.05) is 20.1 Å². The Balaban J connectivity index is 1.58. The summed E-state index contributed by atoms with van der Waals surface area (Å²) < 4.78 is 10.7. The molecule has 2 fully saturated rings. The van der Waals surface area contributed by atoms with E-state index in [1.807, 2.05) is 31.2 Å². The van der Waals surface area contributed by atoms with Gasteiger partial charge in [-0.25, -0.2) is 4.63 Å². The Bertz CT molecular complexity index is 852. The van der Waals surface area contributed by atoms with Crippen molar-refractivity contribution in [3.05, 3.63) is 41.2 Å². The topological polar surface area (TPSA) is 71.7 Å². The number of nitrogens with zero attached hydrogens (tertiary/aromatic N) is 4. The summed E-state index contributed by atoms with van der Waals surface area (Å²) in [7, 11) is 2.18. The number of aromatic nitrogens is 2. The van der Waals surface area contributed by atoms with Crippen LogP contribution in [-0.2, 0) is 6.61 Å². The standard InChI is InChI=1S/C21H28N4O3/c1-15-17(23-28-22-15)14-27-18-9-5-4-8-16(18)20(26)25-13-6-10-19-21(25,2)11-7-12-24(19)3/h4-5,8-9,19H,6-7,10-14H2,1-3H3/t19-,21-/m0/s1. The third-order valence-electron chi connectivity index (χ3n) is 6.39. The number of likely N-dealkylation sites (tertiary alicyclic amines) is 2. The largest absolute Gasteiger partial charge is 0.486 e. The van der Waals surface area contributed by atoms with Gasteiger partial charge in [0.2, 0.25) is 0 Å². The van der Waals surface area contributed by atoms with Crippen molar-refractivity contribution >= 4 is 5.91 Å². The normalized spacial score (nSPS) is 25.4. The highest BCUT2D eigenvalue weighted by Gasteiger charge is 2.48. The smallest absolute Gasteiger partial charge is 0.258 e. The second-order valence-electron chi connectivity index (χ2n) is 8.14. The van der Waals surface area contributed by atoms with E-state index in [9.17, 15) is 4.79 Å². The van der Waals surface area contributed by atoms with E-state index in [0.717, 1.165) is 38.8 Å². The number of amides is 1. The van der Waals surface area contributed by atoms with Gasteiger partial charge in [-0.3, -0.25) is 4.79 Å². The van der Waals surface area contributed by atoms with Crippen LogP contribution in [0.5, 0.6) is 5.75 Å². The van der Waals surface area contributed by atoms with Crippen LogP contribution in [0.1, 0.15) is 54.4 Å². The zero-order chi connectivity index (χ0) is 19.7. The van der Waals surface area contributed by atoms with E-state index in [1.54, 1.807) is 0 Å². The molecular weight excluding hydrogens is 356 g/mol. The number of aryl methyl sites for hydroxylation is 1. The third kappa shape index (κ3) is 3.28. The highest BCUT2D eigenvalue weighted by molar-refractivity contribution is 5.97. The first-order chi connectivity index (χ1) is 13.5. The summed E-state index contributed by atoms with van der Waals surface area (Å²) in [4.78, 5) is 18.1. The first-order valence-corrected chi connectivity index (χ1v) is 10.0. The first kappa shape index (κ1) is 18.9. The van der Waals surface area contributed by atoms with Crippen molar-refractivity contribution in [1.82, 2.24) is 20.1 Å². The molecule has 1 aromatic heterocycles. The molecule has 2 aliphatic rings. The van der Waals surface area contributed by atoms with Crippen molar-refractivity contribution in [2.24, 2.45) is 0 Å². The Kier molecular flexibility index (Phi) is 5.10. The first-order valence-electron chi connectivity index (χ1n) is 10.0. The van der Waals surface area contributed by atoms with E-state index < -0.39 is 0 Å². The van der Waals surface area contributed by atoms with E-state index in [1.165, 1.54) is 0 Å². The van der Waals surface area contributed by atoms with Gasteiger partial charge < -0.3 is 14.5 Å². The van der Waals surface area contributed by atoms with Crippen LogP contribution in [0.3, 0.4) is 0 Å². The average Bonchev–Trinajstić information content (AvgIpc) is 3.10. The lowest BCUT2D eigenvalue weighted by Gasteiger charge is -2.56. The summed E-state index contributed by atoms with van der Waals surface area (Å²) in [5, 5.41) is 7.63. The fraction of sp³-hybridized carbons (Fsp3) is 0.571. The number of para-hydroxylation sites is 1. The molecule has 0 saturated carbocycles. The van der Waals surface area contributed by atoms with Crippen LogP contribution in [0.25, 0.3) is 0 Å². The average molecular weight is 384 g/mol. The SMILES string of the molecule is Cc1nonc1COc1ccccc1C(=O)N1CCC[C@@H]2N(C)CCC[C@@]21C. The van der Waals surface area contributed by atoms with E-state index in [4.69, 9.17) is 9.37 Å². The second-order valence-corrected chi connectivity index (χ2v) is 8.14. The van der Waals surface area contributed by atoms with Crippen LogP contribution in [0.15, 0.2) is 28.9 Å². The molecule has 0 N–H and O–H groups in total. The molecule has 28 heavy (non-hydrogen) atoms. The van der Waals surface area contributed by atoms with Crippen molar-refractivity contribution in [2.45, 2.75) is 57.7 Å². The van der Waals surface area contributed by atoms with Crippen molar-refractivity contribution in [3.8, 4) is 5.75 Å². The van der Waals surface area contributed by atoms with E-state index in [-0.39, 0.29) is 18.1 Å². The summed E-state index contributed by atoms with van der Waals surface area (Å²) in [6.45, 7) is 6.19. The lowest BCUT2D eigenvalue weighted by molar-refractivity contribution is -0.0347.